The molecule has 0 aromatic rings. The first-order valence-electron chi connectivity index (χ1n) is 8.65. The molecule has 0 spiro atoms. The standard InChI is InChI=1S/C18H32O2Si/c1-13(20-21(5,6)17(2,3)4)19-18-10-14-7-15(11-18)9-16(8-14)12-18/h14-16H,1,7-12H2,2-6H3. The molecule has 4 saturated carbocycles. The van der Waals surface area contributed by atoms with Crippen LogP contribution in [0.4, 0.5) is 0 Å². The van der Waals surface area contributed by atoms with E-state index in [4.69, 9.17) is 9.16 Å². The molecule has 0 aliphatic heterocycles. The average molecular weight is 309 g/mol. The summed E-state index contributed by atoms with van der Waals surface area (Å²) in [6.45, 7) is 15.4. The first-order chi connectivity index (χ1) is 9.59. The summed E-state index contributed by atoms with van der Waals surface area (Å²) < 4.78 is 12.7. The van der Waals surface area contributed by atoms with Crippen molar-refractivity contribution in [2.75, 3.05) is 0 Å². The van der Waals surface area contributed by atoms with Crippen LogP contribution in [0.3, 0.4) is 0 Å². The maximum absolute atomic E-state index is 6.40. The molecule has 21 heavy (non-hydrogen) atoms. The third kappa shape index (κ3) is 2.90. The van der Waals surface area contributed by atoms with E-state index in [-0.39, 0.29) is 10.6 Å². The lowest BCUT2D eigenvalue weighted by molar-refractivity contribution is -0.157. The van der Waals surface area contributed by atoms with Gasteiger partial charge in [-0.2, -0.15) is 0 Å². The van der Waals surface area contributed by atoms with Crippen LogP contribution < -0.4 is 0 Å². The van der Waals surface area contributed by atoms with E-state index in [1.54, 1.807) is 0 Å². The molecule has 0 aromatic heterocycles. The maximum Gasteiger partial charge on any atom is 0.258 e. The third-order valence-corrected chi connectivity index (χ3v) is 10.8. The van der Waals surface area contributed by atoms with Crippen LogP contribution in [0.25, 0.3) is 0 Å². The van der Waals surface area contributed by atoms with Crippen molar-refractivity contribution >= 4 is 8.32 Å². The van der Waals surface area contributed by atoms with Crippen molar-refractivity contribution in [1.82, 2.24) is 0 Å². The van der Waals surface area contributed by atoms with Crippen LogP contribution in [0.2, 0.25) is 18.1 Å². The molecular formula is C18H32O2Si. The molecular weight excluding hydrogens is 276 g/mol. The quantitative estimate of drug-likeness (QED) is 0.507. The van der Waals surface area contributed by atoms with Gasteiger partial charge in [0.1, 0.15) is 5.60 Å². The van der Waals surface area contributed by atoms with Gasteiger partial charge >= 0.3 is 0 Å². The lowest BCUT2D eigenvalue weighted by Gasteiger charge is -2.56. The SMILES string of the molecule is C=C(OC12CC3CC(CC(C3)C1)C2)O[Si](C)(C)C(C)(C)C. The minimum Gasteiger partial charge on any atom is -0.519 e. The highest BCUT2D eigenvalue weighted by molar-refractivity contribution is 6.74. The fraction of sp³-hybridized carbons (Fsp3) is 0.889. The topological polar surface area (TPSA) is 18.5 Å². The molecule has 0 unspecified atom stereocenters. The Morgan fingerprint density at radius 2 is 1.43 bits per heavy atom. The molecule has 0 radical (unpaired) electrons. The van der Waals surface area contributed by atoms with Gasteiger partial charge in [-0.15, -0.1) is 0 Å². The van der Waals surface area contributed by atoms with E-state index in [9.17, 15) is 0 Å². The maximum atomic E-state index is 6.40. The summed E-state index contributed by atoms with van der Waals surface area (Å²) in [6, 6.07) is 0. The Bertz CT molecular complexity index is 398. The van der Waals surface area contributed by atoms with Crippen LogP contribution in [0.5, 0.6) is 0 Å². The second-order valence-corrected chi connectivity index (χ2v) is 14.2. The highest BCUT2D eigenvalue weighted by Gasteiger charge is 2.53. The van der Waals surface area contributed by atoms with Gasteiger partial charge in [-0.3, -0.25) is 0 Å². The second-order valence-electron chi connectivity index (χ2n) is 9.44. The molecule has 4 bridgehead atoms. The number of ether oxygens (including phenoxy) is 1. The number of rotatable bonds is 4. The van der Waals surface area contributed by atoms with Gasteiger partial charge < -0.3 is 9.16 Å². The van der Waals surface area contributed by atoms with E-state index >= 15 is 0 Å². The van der Waals surface area contributed by atoms with E-state index in [1.165, 1.54) is 38.5 Å². The zero-order chi connectivity index (χ0) is 15.5. The Kier molecular flexibility index (Phi) is 3.51. The zero-order valence-corrected chi connectivity index (χ0v) is 15.5. The number of hydrogen-bond donors (Lipinski definition) is 0. The van der Waals surface area contributed by atoms with E-state index < -0.39 is 8.32 Å². The normalized spacial score (nSPS) is 38.4. The minimum absolute atomic E-state index is 0.0637. The number of hydrogen-bond acceptors (Lipinski definition) is 2. The van der Waals surface area contributed by atoms with Gasteiger partial charge in [-0.1, -0.05) is 20.8 Å². The third-order valence-electron chi connectivity index (χ3n) is 6.49. The largest absolute Gasteiger partial charge is 0.519 e. The van der Waals surface area contributed by atoms with Crippen molar-refractivity contribution in [3.63, 3.8) is 0 Å². The lowest BCUT2D eigenvalue weighted by Crippen LogP contribution is -2.52. The molecule has 4 aliphatic rings. The molecule has 0 aromatic carbocycles. The summed E-state index contributed by atoms with van der Waals surface area (Å²) in [5.41, 5.74) is 0.0637. The fourth-order valence-electron chi connectivity index (χ4n) is 4.86. The van der Waals surface area contributed by atoms with Gasteiger partial charge in [-0.25, -0.2) is 0 Å². The lowest BCUT2D eigenvalue weighted by atomic mass is 9.54. The molecule has 4 rings (SSSR count). The molecule has 0 amide bonds. The van der Waals surface area contributed by atoms with Gasteiger partial charge in [0.15, 0.2) is 0 Å². The van der Waals surface area contributed by atoms with Gasteiger partial charge in [0.05, 0.1) is 0 Å². The molecule has 0 N–H and O–H groups in total. The molecule has 4 fully saturated rings. The van der Waals surface area contributed by atoms with E-state index in [0.717, 1.165) is 17.8 Å². The van der Waals surface area contributed by atoms with Crippen LogP contribution in [0.15, 0.2) is 12.5 Å². The molecule has 0 heterocycles. The van der Waals surface area contributed by atoms with Crippen molar-refractivity contribution in [2.24, 2.45) is 17.8 Å². The molecule has 0 saturated heterocycles. The molecule has 2 nitrogen and oxygen atoms in total. The Hall–Kier alpha value is -0.443. The molecule has 120 valence electrons. The monoisotopic (exact) mass is 308 g/mol. The second kappa shape index (κ2) is 4.77. The summed E-state index contributed by atoms with van der Waals surface area (Å²) in [5.74, 6) is 3.30. The Balaban J connectivity index is 1.65. The van der Waals surface area contributed by atoms with Crippen LogP contribution in [0, 0.1) is 17.8 Å². The van der Waals surface area contributed by atoms with Gasteiger partial charge in [-0.05, 0) is 81.0 Å². The first kappa shape index (κ1) is 15.5. The Morgan fingerprint density at radius 3 is 1.81 bits per heavy atom. The fourth-order valence-corrected chi connectivity index (χ4v) is 5.77. The van der Waals surface area contributed by atoms with Crippen molar-refractivity contribution in [3.8, 4) is 0 Å². The van der Waals surface area contributed by atoms with Crippen LogP contribution in [-0.4, -0.2) is 13.9 Å². The average Bonchev–Trinajstić information content (AvgIpc) is 2.22. The van der Waals surface area contributed by atoms with E-state index in [0.29, 0.717) is 5.95 Å². The Morgan fingerprint density at radius 1 is 1.00 bits per heavy atom. The van der Waals surface area contributed by atoms with Crippen LogP contribution in [0.1, 0.15) is 59.3 Å². The van der Waals surface area contributed by atoms with Gasteiger partial charge in [0.25, 0.3) is 14.3 Å². The van der Waals surface area contributed by atoms with Crippen LogP contribution in [-0.2, 0) is 9.16 Å². The molecule has 0 atom stereocenters. The smallest absolute Gasteiger partial charge is 0.258 e. The summed E-state index contributed by atoms with van der Waals surface area (Å²) in [4.78, 5) is 0. The zero-order valence-electron chi connectivity index (χ0n) is 14.5. The van der Waals surface area contributed by atoms with E-state index in [1.807, 2.05) is 0 Å². The van der Waals surface area contributed by atoms with Crippen molar-refractivity contribution in [3.05, 3.63) is 12.5 Å². The predicted molar refractivity (Wildman–Crippen MR) is 89.4 cm³/mol. The highest BCUT2D eigenvalue weighted by Crippen LogP contribution is 2.57. The van der Waals surface area contributed by atoms with E-state index in [2.05, 4.69) is 40.4 Å². The highest BCUT2D eigenvalue weighted by atomic mass is 28.4. The summed E-state index contributed by atoms with van der Waals surface area (Å²) in [7, 11) is -1.83. The van der Waals surface area contributed by atoms with Gasteiger partial charge in [0.2, 0.25) is 0 Å². The summed E-state index contributed by atoms with van der Waals surface area (Å²) >= 11 is 0. The predicted octanol–water partition coefficient (Wildman–Crippen LogP) is 5.46. The summed E-state index contributed by atoms with van der Waals surface area (Å²) in [6.07, 6.45) is 8.03. The van der Waals surface area contributed by atoms with Crippen molar-refractivity contribution in [1.29, 1.82) is 0 Å². The summed E-state index contributed by atoms with van der Waals surface area (Å²) in [5, 5.41) is 0.195. The van der Waals surface area contributed by atoms with Crippen molar-refractivity contribution in [2.45, 2.75) is 83.0 Å². The molecule has 4 aliphatic carbocycles. The minimum atomic E-state index is -1.83. The first-order valence-corrected chi connectivity index (χ1v) is 11.6. The van der Waals surface area contributed by atoms with Gasteiger partial charge in [0, 0.05) is 0 Å². The van der Waals surface area contributed by atoms with Crippen molar-refractivity contribution < 1.29 is 9.16 Å². The molecule has 3 heteroatoms. The van der Waals surface area contributed by atoms with Crippen LogP contribution >= 0.6 is 0 Å². The Labute approximate surface area is 131 Å².